The minimum atomic E-state index is -1.78. The van der Waals surface area contributed by atoms with Crippen molar-refractivity contribution < 1.29 is 64.6 Å². The third kappa shape index (κ3) is 24.7. The molecule has 12 atom stereocenters. The second-order valence-electron chi connectivity index (χ2n) is 18.7. The number of amides is 1. The van der Waals surface area contributed by atoms with Gasteiger partial charge in [-0.15, -0.1) is 0 Å². The van der Waals surface area contributed by atoms with Gasteiger partial charge in [0.15, 0.2) is 12.6 Å². The van der Waals surface area contributed by atoms with E-state index in [9.17, 15) is 45.6 Å². The van der Waals surface area contributed by atoms with Gasteiger partial charge in [-0.25, -0.2) is 0 Å². The highest BCUT2D eigenvalue weighted by atomic mass is 16.7. The number of nitrogens with one attached hydrogen (secondary N) is 1. The third-order valence-electron chi connectivity index (χ3n) is 13.0. The smallest absolute Gasteiger partial charge is 0.220 e. The lowest BCUT2D eigenvalue weighted by Crippen LogP contribution is -2.65. The molecular formula is C50H95NO13. The van der Waals surface area contributed by atoms with E-state index in [0.717, 1.165) is 38.5 Å². The molecule has 0 radical (unpaired) electrons. The van der Waals surface area contributed by atoms with E-state index >= 15 is 0 Å². The van der Waals surface area contributed by atoms with Crippen molar-refractivity contribution in [1.29, 1.82) is 0 Å². The average molecular weight is 918 g/mol. The van der Waals surface area contributed by atoms with Gasteiger partial charge in [-0.2, -0.15) is 0 Å². The summed E-state index contributed by atoms with van der Waals surface area (Å²) in [5, 5.41) is 86.7. The van der Waals surface area contributed by atoms with Crippen molar-refractivity contribution in [2.75, 3.05) is 19.8 Å². The molecule has 2 aliphatic rings. The summed E-state index contributed by atoms with van der Waals surface area (Å²) >= 11 is 0. The number of rotatable bonds is 40. The Morgan fingerprint density at radius 2 is 0.969 bits per heavy atom. The van der Waals surface area contributed by atoms with Gasteiger partial charge in [0.05, 0.1) is 32.0 Å². The van der Waals surface area contributed by atoms with E-state index in [2.05, 4.69) is 19.2 Å². The molecule has 0 aromatic carbocycles. The number of hydrogen-bond acceptors (Lipinski definition) is 13. The van der Waals surface area contributed by atoms with Crippen LogP contribution in [0.15, 0.2) is 12.2 Å². The Morgan fingerprint density at radius 1 is 0.547 bits per heavy atom. The predicted octanol–water partition coefficient (Wildman–Crippen LogP) is 6.77. The van der Waals surface area contributed by atoms with Crippen LogP contribution < -0.4 is 5.32 Å². The van der Waals surface area contributed by atoms with Crippen LogP contribution in [0.25, 0.3) is 0 Å². The lowest BCUT2D eigenvalue weighted by molar-refractivity contribution is -0.359. The van der Waals surface area contributed by atoms with Gasteiger partial charge in [0, 0.05) is 6.42 Å². The Balaban J connectivity index is 1.84. The highest BCUT2D eigenvalue weighted by Gasteiger charge is 2.51. The summed E-state index contributed by atoms with van der Waals surface area (Å²) in [6, 6.07) is -0.907. The van der Waals surface area contributed by atoms with E-state index in [0.29, 0.717) is 6.42 Å². The van der Waals surface area contributed by atoms with Crippen LogP contribution in [-0.2, 0) is 23.7 Å². The molecule has 0 bridgehead atoms. The molecule has 378 valence electrons. The molecule has 0 aliphatic carbocycles. The van der Waals surface area contributed by atoms with Crippen molar-refractivity contribution >= 4 is 5.91 Å². The van der Waals surface area contributed by atoms with Crippen LogP contribution in [0.1, 0.15) is 206 Å². The lowest BCUT2D eigenvalue weighted by Gasteiger charge is -2.46. The molecule has 0 aromatic rings. The molecule has 2 aliphatic heterocycles. The fourth-order valence-corrected chi connectivity index (χ4v) is 8.70. The van der Waals surface area contributed by atoms with E-state index in [1.165, 1.54) is 141 Å². The van der Waals surface area contributed by atoms with Crippen molar-refractivity contribution in [2.24, 2.45) is 0 Å². The van der Waals surface area contributed by atoms with E-state index in [1.807, 2.05) is 6.08 Å². The van der Waals surface area contributed by atoms with E-state index in [1.54, 1.807) is 6.08 Å². The summed E-state index contributed by atoms with van der Waals surface area (Å²) in [5.41, 5.74) is 0. The minimum absolute atomic E-state index is 0.237. The first-order valence-corrected chi connectivity index (χ1v) is 25.9. The van der Waals surface area contributed by atoms with Crippen LogP contribution in [0, 0.1) is 0 Å². The van der Waals surface area contributed by atoms with Gasteiger partial charge in [0.25, 0.3) is 0 Å². The Bertz CT molecular complexity index is 1130. The van der Waals surface area contributed by atoms with Crippen LogP contribution in [0.4, 0.5) is 0 Å². The molecule has 2 heterocycles. The summed E-state index contributed by atoms with van der Waals surface area (Å²) in [6.45, 7) is 2.79. The molecule has 0 saturated carbocycles. The third-order valence-corrected chi connectivity index (χ3v) is 13.0. The first kappa shape index (κ1) is 58.9. The number of ether oxygens (including phenoxy) is 4. The number of aliphatic hydroxyl groups excluding tert-OH is 8. The van der Waals surface area contributed by atoms with Crippen LogP contribution in [-0.4, -0.2) is 140 Å². The van der Waals surface area contributed by atoms with Crippen molar-refractivity contribution in [1.82, 2.24) is 5.32 Å². The van der Waals surface area contributed by atoms with Gasteiger partial charge in [-0.1, -0.05) is 193 Å². The molecular weight excluding hydrogens is 823 g/mol. The monoisotopic (exact) mass is 918 g/mol. The molecule has 1 amide bonds. The standard InChI is InChI=1S/C50H95NO13/c1-3-5-7-9-11-13-15-17-19-20-22-24-26-28-30-32-34-42(55)51-38(39(54)33-31-29-27-25-23-21-18-16-14-12-10-8-6-4-2)37-61-49-47(60)45(58)48(41(36-53)63-49)64-50-46(59)44(57)43(56)40(35-52)62-50/h31,33,38-41,43-50,52-54,56-60H,3-30,32,34-37H2,1-2H3,(H,51,55)/b33-31+/t38-,39+,40+,41+,43-,44?,45?,46?,47?,48+,49+,50-/m0/s1. The molecule has 64 heavy (non-hydrogen) atoms. The minimum Gasteiger partial charge on any atom is -0.394 e. The maximum absolute atomic E-state index is 13.2. The van der Waals surface area contributed by atoms with Crippen LogP contribution in [0.5, 0.6) is 0 Å². The number of hydrogen-bond donors (Lipinski definition) is 9. The van der Waals surface area contributed by atoms with Gasteiger partial charge in [-0.3, -0.25) is 4.79 Å². The van der Waals surface area contributed by atoms with Gasteiger partial charge in [0.1, 0.15) is 48.8 Å². The largest absolute Gasteiger partial charge is 0.394 e. The molecule has 4 unspecified atom stereocenters. The Kier molecular flexibility index (Phi) is 34.7. The predicted molar refractivity (Wildman–Crippen MR) is 249 cm³/mol. The summed E-state index contributed by atoms with van der Waals surface area (Å²) in [4.78, 5) is 13.2. The van der Waals surface area contributed by atoms with Crippen molar-refractivity contribution in [2.45, 2.75) is 280 Å². The molecule has 14 nitrogen and oxygen atoms in total. The molecule has 0 aromatic heterocycles. The van der Waals surface area contributed by atoms with Crippen molar-refractivity contribution in [3.05, 3.63) is 12.2 Å². The number of carbonyl (C=O) groups excluding carboxylic acids is 1. The number of allylic oxidation sites excluding steroid dienone is 1. The topological polar surface area (TPSA) is 228 Å². The quantitative estimate of drug-likeness (QED) is 0.0229. The summed E-state index contributed by atoms with van der Waals surface area (Å²) in [5.74, 6) is -0.237. The zero-order chi connectivity index (χ0) is 46.8. The zero-order valence-corrected chi connectivity index (χ0v) is 40.0. The summed E-state index contributed by atoms with van der Waals surface area (Å²) in [7, 11) is 0. The molecule has 2 rings (SSSR count). The van der Waals surface area contributed by atoms with E-state index in [-0.39, 0.29) is 18.9 Å². The average Bonchev–Trinajstić information content (AvgIpc) is 3.29. The molecule has 2 fully saturated rings. The van der Waals surface area contributed by atoms with Crippen molar-refractivity contribution in [3.63, 3.8) is 0 Å². The van der Waals surface area contributed by atoms with E-state index < -0.39 is 86.8 Å². The second kappa shape index (κ2) is 37.7. The van der Waals surface area contributed by atoms with Crippen LogP contribution in [0.3, 0.4) is 0 Å². The van der Waals surface area contributed by atoms with E-state index in [4.69, 9.17) is 18.9 Å². The first-order valence-electron chi connectivity index (χ1n) is 25.9. The fraction of sp³-hybridized carbons (Fsp3) is 0.940. The van der Waals surface area contributed by atoms with Crippen LogP contribution >= 0.6 is 0 Å². The summed E-state index contributed by atoms with van der Waals surface area (Å²) in [6.07, 6.45) is 22.4. The first-order chi connectivity index (χ1) is 31.1. The van der Waals surface area contributed by atoms with Crippen molar-refractivity contribution in [3.8, 4) is 0 Å². The Labute approximate surface area is 386 Å². The maximum Gasteiger partial charge on any atom is 0.220 e. The highest BCUT2D eigenvalue weighted by Crippen LogP contribution is 2.30. The number of carbonyl (C=O) groups is 1. The zero-order valence-electron chi connectivity index (χ0n) is 40.0. The highest BCUT2D eigenvalue weighted by molar-refractivity contribution is 5.76. The molecule has 2 saturated heterocycles. The van der Waals surface area contributed by atoms with Crippen LogP contribution in [0.2, 0.25) is 0 Å². The molecule has 9 N–H and O–H groups in total. The lowest BCUT2D eigenvalue weighted by atomic mass is 9.97. The van der Waals surface area contributed by atoms with Gasteiger partial charge < -0.3 is 65.1 Å². The van der Waals surface area contributed by atoms with Gasteiger partial charge in [-0.05, 0) is 19.3 Å². The summed E-state index contributed by atoms with van der Waals surface area (Å²) < 4.78 is 22.7. The number of aliphatic hydroxyl groups is 8. The SMILES string of the molecule is CCCCCCCCCCCCCC/C=C/[C@@H](O)[C@H](CO[C@@H]1O[C@H](CO)[C@@H](O[C@@H]2O[C@H](CO)[C@H](O)C(O)C2O)C(O)C1O)NC(=O)CCCCCCCCCCCCCCCCCC. The second-order valence-corrected chi connectivity index (χ2v) is 18.7. The Hall–Kier alpha value is -1.27. The number of unbranched alkanes of at least 4 members (excludes halogenated alkanes) is 27. The fourth-order valence-electron chi connectivity index (χ4n) is 8.70. The van der Waals surface area contributed by atoms with Gasteiger partial charge >= 0.3 is 0 Å². The molecule has 0 spiro atoms. The normalized spacial score (nSPS) is 27.3. The van der Waals surface area contributed by atoms with Gasteiger partial charge in [0.2, 0.25) is 5.91 Å². The maximum atomic E-state index is 13.2. The molecule has 14 heteroatoms. The Morgan fingerprint density at radius 3 is 1.44 bits per heavy atom.